The van der Waals surface area contributed by atoms with Crippen molar-refractivity contribution in [3.05, 3.63) is 5.28 Å². The van der Waals surface area contributed by atoms with Gasteiger partial charge >= 0.3 is 6.01 Å². The van der Waals surface area contributed by atoms with Gasteiger partial charge in [0.2, 0.25) is 11.2 Å². The Morgan fingerprint density at radius 1 is 1.35 bits per heavy atom. The first-order valence-electron chi connectivity index (χ1n) is 6.36. The second-order valence-corrected chi connectivity index (χ2v) is 5.31. The van der Waals surface area contributed by atoms with E-state index < -0.39 is 5.60 Å². The Labute approximate surface area is 123 Å². The minimum atomic E-state index is -0.936. The Kier molecular flexibility index (Phi) is 6.38. The first-order valence-corrected chi connectivity index (χ1v) is 6.73. The van der Waals surface area contributed by atoms with Crippen LogP contribution in [-0.2, 0) is 4.74 Å². The maximum Gasteiger partial charge on any atom is 0.322 e. The van der Waals surface area contributed by atoms with Crippen LogP contribution in [0.1, 0.15) is 27.2 Å². The van der Waals surface area contributed by atoms with Crippen molar-refractivity contribution in [2.24, 2.45) is 0 Å². The Morgan fingerprint density at radius 2 is 2.05 bits per heavy atom. The second-order valence-electron chi connectivity index (χ2n) is 4.97. The number of aromatic nitrogens is 3. The molecule has 0 aromatic carbocycles. The molecule has 1 heterocycles. The summed E-state index contributed by atoms with van der Waals surface area (Å²) < 4.78 is 10.3. The van der Waals surface area contributed by atoms with Gasteiger partial charge in [-0.25, -0.2) is 0 Å². The van der Waals surface area contributed by atoms with Crippen LogP contribution in [0.15, 0.2) is 0 Å². The first kappa shape index (κ1) is 16.9. The molecule has 0 bridgehead atoms. The lowest BCUT2D eigenvalue weighted by Gasteiger charge is -2.23. The number of nitrogens with zero attached hydrogens (tertiary/aromatic N) is 3. The van der Waals surface area contributed by atoms with Crippen LogP contribution in [0.3, 0.4) is 0 Å². The standard InChI is InChI=1S/C12H21ClN4O3/c1-8(2)20-11-16-9(13)15-10(17-11)14-7-12(3,18)5-6-19-4/h8,18H,5-7H2,1-4H3,(H,14,15,16,17). The van der Waals surface area contributed by atoms with Crippen LogP contribution in [0.25, 0.3) is 0 Å². The predicted octanol–water partition coefficient (Wildman–Crippen LogP) is 1.51. The van der Waals surface area contributed by atoms with E-state index in [0.717, 1.165) is 0 Å². The number of ether oxygens (including phenoxy) is 2. The van der Waals surface area contributed by atoms with Gasteiger partial charge in [-0.3, -0.25) is 0 Å². The topological polar surface area (TPSA) is 89.4 Å². The highest BCUT2D eigenvalue weighted by molar-refractivity contribution is 6.28. The molecule has 1 atom stereocenters. The van der Waals surface area contributed by atoms with Gasteiger partial charge in [0.05, 0.1) is 11.7 Å². The van der Waals surface area contributed by atoms with Crippen LogP contribution in [0.5, 0.6) is 6.01 Å². The van der Waals surface area contributed by atoms with Crippen LogP contribution >= 0.6 is 11.6 Å². The lowest BCUT2D eigenvalue weighted by Crippen LogP contribution is -2.35. The van der Waals surface area contributed by atoms with Crippen molar-refractivity contribution in [2.45, 2.75) is 38.9 Å². The van der Waals surface area contributed by atoms with Crippen molar-refractivity contribution >= 4 is 17.5 Å². The smallest absolute Gasteiger partial charge is 0.322 e. The summed E-state index contributed by atoms with van der Waals surface area (Å²) in [5.41, 5.74) is -0.936. The van der Waals surface area contributed by atoms with Crippen molar-refractivity contribution in [1.29, 1.82) is 0 Å². The zero-order chi connectivity index (χ0) is 15.2. The molecule has 0 aliphatic heterocycles. The van der Waals surface area contributed by atoms with Gasteiger partial charge in [0.15, 0.2) is 0 Å². The van der Waals surface area contributed by atoms with Crippen molar-refractivity contribution in [1.82, 2.24) is 15.0 Å². The summed E-state index contributed by atoms with van der Waals surface area (Å²) in [6.45, 7) is 6.15. The lowest BCUT2D eigenvalue weighted by molar-refractivity contribution is 0.0356. The average molecular weight is 305 g/mol. The number of aliphatic hydroxyl groups is 1. The Bertz CT molecular complexity index is 429. The van der Waals surface area contributed by atoms with Gasteiger partial charge in [-0.1, -0.05) is 0 Å². The van der Waals surface area contributed by atoms with Crippen molar-refractivity contribution < 1.29 is 14.6 Å². The van der Waals surface area contributed by atoms with Gasteiger partial charge in [-0.05, 0) is 32.4 Å². The second kappa shape index (κ2) is 7.56. The number of halogens is 1. The summed E-state index contributed by atoms with van der Waals surface area (Å²) in [6, 6.07) is 0.152. The zero-order valence-corrected chi connectivity index (χ0v) is 12.9. The third-order valence-corrected chi connectivity index (χ3v) is 2.57. The molecule has 0 aliphatic carbocycles. The summed E-state index contributed by atoms with van der Waals surface area (Å²) in [7, 11) is 1.59. The fraction of sp³-hybridized carbons (Fsp3) is 0.750. The fourth-order valence-electron chi connectivity index (χ4n) is 1.35. The van der Waals surface area contributed by atoms with E-state index in [1.54, 1.807) is 14.0 Å². The normalized spacial score (nSPS) is 14.2. The van der Waals surface area contributed by atoms with E-state index in [9.17, 15) is 5.11 Å². The zero-order valence-electron chi connectivity index (χ0n) is 12.2. The number of hydrogen-bond donors (Lipinski definition) is 2. The average Bonchev–Trinajstić information content (AvgIpc) is 2.33. The Morgan fingerprint density at radius 3 is 2.65 bits per heavy atom. The lowest BCUT2D eigenvalue weighted by atomic mass is 10.0. The molecule has 20 heavy (non-hydrogen) atoms. The van der Waals surface area contributed by atoms with Crippen LogP contribution in [0.4, 0.5) is 5.95 Å². The van der Waals surface area contributed by atoms with Gasteiger partial charge in [-0.15, -0.1) is 0 Å². The fourth-order valence-corrected chi connectivity index (χ4v) is 1.51. The molecule has 0 aliphatic rings. The molecule has 0 saturated heterocycles. The van der Waals surface area contributed by atoms with E-state index in [4.69, 9.17) is 21.1 Å². The van der Waals surface area contributed by atoms with Gasteiger partial charge in [0.25, 0.3) is 0 Å². The van der Waals surface area contributed by atoms with E-state index >= 15 is 0 Å². The van der Waals surface area contributed by atoms with Crippen LogP contribution < -0.4 is 10.1 Å². The van der Waals surface area contributed by atoms with E-state index in [2.05, 4.69) is 20.3 Å². The van der Waals surface area contributed by atoms with Gasteiger partial charge in [-0.2, -0.15) is 15.0 Å². The van der Waals surface area contributed by atoms with Crippen molar-refractivity contribution in [3.63, 3.8) is 0 Å². The molecule has 1 unspecified atom stereocenters. The minimum Gasteiger partial charge on any atom is -0.461 e. The highest BCUT2D eigenvalue weighted by Crippen LogP contribution is 2.15. The Balaban J connectivity index is 2.65. The molecule has 0 fully saturated rings. The van der Waals surface area contributed by atoms with Crippen LogP contribution in [0, 0.1) is 0 Å². The van der Waals surface area contributed by atoms with E-state index in [0.29, 0.717) is 13.0 Å². The third-order valence-electron chi connectivity index (χ3n) is 2.40. The van der Waals surface area contributed by atoms with Crippen LogP contribution in [-0.4, -0.2) is 52.0 Å². The van der Waals surface area contributed by atoms with E-state index in [-0.39, 0.29) is 29.9 Å². The minimum absolute atomic E-state index is 0.0367. The van der Waals surface area contributed by atoms with Gasteiger partial charge in [0, 0.05) is 26.7 Å². The summed E-state index contributed by atoms with van der Waals surface area (Å²) in [5.74, 6) is 0.262. The molecule has 2 N–H and O–H groups in total. The number of nitrogens with one attached hydrogen (secondary N) is 1. The molecular weight excluding hydrogens is 284 g/mol. The summed E-state index contributed by atoms with van der Waals surface area (Å²) in [6.07, 6.45) is 0.427. The number of hydrogen-bond acceptors (Lipinski definition) is 7. The molecule has 1 aromatic heterocycles. The number of rotatable bonds is 8. The maximum absolute atomic E-state index is 10.1. The predicted molar refractivity (Wildman–Crippen MR) is 76.2 cm³/mol. The molecule has 0 saturated carbocycles. The van der Waals surface area contributed by atoms with Crippen molar-refractivity contribution in [3.8, 4) is 6.01 Å². The van der Waals surface area contributed by atoms with E-state index in [1.807, 2.05) is 13.8 Å². The van der Waals surface area contributed by atoms with Gasteiger partial charge in [0.1, 0.15) is 0 Å². The Hall–Kier alpha value is -1.18. The highest BCUT2D eigenvalue weighted by Gasteiger charge is 2.20. The molecule has 0 amide bonds. The first-order chi connectivity index (χ1) is 9.32. The van der Waals surface area contributed by atoms with E-state index in [1.165, 1.54) is 0 Å². The molecule has 114 valence electrons. The molecule has 7 nitrogen and oxygen atoms in total. The largest absolute Gasteiger partial charge is 0.461 e. The molecule has 8 heteroatoms. The van der Waals surface area contributed by atoms with Crippen molar-refractivity contribution in [2.75, 3.05) is 25.6 Å². The number of methoxy groups -OCH3 is 1. The highest BCUT2D eigenvalue weighted by atomic mass is 35.5. The molecule has 0 spiro atoms. The summed E-state index contributed by atoms with van der Waals surface area (Å²) in [4.78, 5) is 11.9. The molecule has 1 aromatic rings. The number of anilines is 1. The molecule has 0 radical (unpaired) electrons. The monoisotopic (exact) mass is 304 g/mol. The third kappa shape index (κ3) is 6.31. The molecule has 1 rings (SSSR count). The quantitative estimate of drug-likeness (QED) is 0.752. The summed E-state index contributed by atoms with van der Waals surface area (Å²) in [5, 5.41) is 13.1. The maximum atomic E-state index is 10.1. The SMILES string of the molecule is COCCC(C)(O)CNc1nc(Cl)nc(OC(C)C)n1. The van der Waals surface area contributed by atoms with Gasteiger partial charge < -0.3 is 19.9 Å². The summed E-state index contributed by atoms with van der Waals surface area (Å²) >= 11 is 5.80. The molecular formula is C12H21ClN4O3. The van der Waals surface area contributed by atoms with Crippen LogP contribution in [0.2, 0.25) is 5.28 Å².